The second-order valence-electron chi connectivity index (χ2n) is 8.86. The first-order chi connectivity index (χ1) is 13.3. The molecule has 0 aliphatic carbocycles. The van der Waals surface area contributed by atoms with Gasteiger partial charge in [-0.25, -0.2) is 0 Å². The Labute approximate surface area is 174 Å². The molecular formula is C27H54. The molecule has 0 saturated heterocycles. The second-order valence-corrected chi connectivity index (χ2v) is 8.86. The first-order valence-corrected chi connectivity index (χ1v) is 13.0. The fourth-order valence-electron chi connectivity index (χ4n) is 4.04. The van der Waals surface area contributed by atoms with Crippen LogP contribution in [0.2, 0.25) is 0 Å². The summed E-state index contributed by atoms with van der Waals surface area (Å²) in [6, 6.07) is 0. The molecule has 0 heteroatoms. The molecule has 0 N–H and O–H groups in total. The van der Waals surface area contributed by atoms with Gasteiger partial charge in [0.1, 0.15) is 0 Å². The van der Waals surface area contributed by atoms with E-state index >= 15 is 0 Å². The van der Waals surface area contributed by atoms with Crippen molar-refractivity contribution >= 4 is 0 Å². The summed E-state index contributed by atoms with van der Waals surface area (Å²) in [5, 5.41) is 0. The van der Waals surface area contributed by atoms with E-state index in [2.05, 4.69) is 32.9 Å². The Morgan fingerprint density at radius 1 is 0.444 bits per heavy atom. The first kappa shape index (κ1) is 26.7. The maximum Gasteiger partial charge on any atom is -0.0234 e. The number of allylic oxidation sites excluding steroid dienone is 2. The van der Waals surface area contributed by atoms with Crippen LogP contribution in [0.4, 0.5) is 0 Å². The topological polar surface area (TPSA) is 0 Å². The lowest BCUT2D eigenvalue weighted by Gasteiger charge is -2.13. The van der Waals surface area contributed by atoms with Crippen LogP contribution in [0.5, 0.6) is 0 Å². The highest BCUT2D eigenvalue weighted by molar-refractivity contribution is 4.88. The molecule has 0 aromatic heterocycles. The van der Waals surface area contributed by atoms with E-state index in [4.69, 9.17) is 0 Å². The molecule has 0 fully saturated rings. The van der Waals surface area contributed by atoms with E-state index in [0.717, 1.165) is 5.92 Å². The fraction of sp³-hybridized carbons (Fsp3) is 0.926. The van der Waals surface area contributed by atoms with E-state index in [1.807, 2.05) is 0 Å². The van der Waals surface area contributed by atoms with Gasteiger partial charge in [-0.2, -0.15) is 0 Å². The molecule has 0 amide bonds. The van der Waals surface area contributed by atoms with Crippen molar-refractivity contribution in [2.24, 2.45) is 5.92 Å². The van der Waals surface area contributed by atoms with Gasteiger partial charge in [0, 0.05) is 0 Å². The predicted molar refractivity (Wildman–Crippen MR) is 127 cm³/mol. The van der Waals surface area contributed by atoms with Gasteiger partial charge in [0.15, 0.2) is 0 Å². The Hall–Kier alpha value is -0.260. The van der Waals surface area contributed by atoms with Gasteiger partial charge in [-0.15, -0.1) is 0 Å². The summed E-state index contributed by atoms with van der Waals surface area (Å²) in [7, 11) is 0. The van der Waals surface area contributed by atoms with Crippen LogP contribution < -0.4 is 0 Å². The van der Waals surface area contributed by atoms with Crippen molar-refractivity contribution in [1.82, 2.24) is 0 Å². The van der Waals surface area contributed by atoms with Crippen LogP contribution in [-0.4, -0.2) is 0 Å². The van der Waals surface area contributed by atoms with Crippen LogP contribution in [0.15, 0.2) is 12.2 Å². The van der Waals surface area contributed by atoms with Crippen LogP contribution in [0.1, 0.15) is 156 Å². The van der Waals surface area contributed by atoms with Crippen molar-refractivity contribution in [2.75, 3.05) is 0 Å². The van der Waals surface area contributed by atoms with Crippen molar-refractivity contribution in [3.8, 4) is 0 Å². The van der Waals surface area contributed by atoms with Gasteiger partial charge in [-0.1, -0.05) is 142 Å². The lowest BCUT2D eigenvalue weighted by Crippen LogP contribution is -1.97. The highest BCUT2D eigenvalue weighted by atomic mass is 14.1. The molecule has 162 valence electrons. The SMILES string of the molecule is CCCCCCCC/C=C/C(CCCCCCCC)CCCCCCCC. The monoisotopic (exact) mass is 378 g/mol. The Morgan fingerprint density at radius 2 is 0.815 bits per heavy atom. The van der Waals surface area contributed by atoms with E-state index in [1.165, 1.54) is 135 Å². The van der Waals surface area contributed by atoms with Crippen molar-refractivity contribution in [3.63, 3.8) is 0 Å². The number of rotatable bonds is 22. The predicted octanol–water partition coefficient (Wildman–Crippen LogP) is 10.4. The zero-order valence-corrected chi connectivity index (χ0v) is 19.6. The van der Waals surface area contributed by atoms with E-state index in [-0.39, 0.29) is 0 Å². The first-order valence-electron chi connectivity index (χ1n) is 13.0. The molecule has 0 rings (SSSR count). The highest BCUT2D eigenvalue weighted by Crippen LogP contribution is 2.21. The van der Waals surface area contributed by atoms with E-state index in [0.29, 0.717) is 0 Å². The molecule has 0 saturated carbocycles. The summed E-state index contributed by atoms with van der Waals surface area (Å²) in [6.07, 6.45) is 35.0. The highest BCUT2D eigenvalue weighted by Gasteiger charge is 2.05. The summed E-state index contributed by atoms with van der Waals surface area (Å²) < 4.78 is 0. The lowest BCUT2D eigenvalue weighted by molar-refractivity contribution is 0.464. The Kier molecular flexibility index (Phi) is 23.5. The van der Waals surface area contributed by atoms with Crippen LogP contribution in [0.3, 0.4) is 0 Å². The summed E-state index contributed by atoms with van der Waals surface area (Å²) in [6.45, 7) is 6.92. The molecule has 0 unspecified atom stereocenters. The van der Waals surface area contributed by atoms with E-state index in [1.54, 1.807) is 0 Å². The molecule has 0 atom stereocenters. The van der Waals surface area contributed by atoms with Gasteiger partial charge in [0.05, 0.1) is 0 Å². The molecular weight excluding hydrogens is 324 g/mol. The third kappa shape index (κ3) is 21.9. The normalized spacial score (nSPS) is 11.9. The average molecular weight is 379 g/mol. The number of unbranched alkanes of at least 4 members (excludes halogenated alkanes) is 16. The fourth-order valence-corrected chi connectivity index (χ4v) is 4.04. The third-order valence-corrected chi connectivity index (χ3v) is 5.99. The molecule has 0 aliphatic rings. The van der Waals surface area contributed by atoms with Crippen LogP contribution in [0, 0.1) is 5.92 Å². The van der Waals surface area contributed by atoms with Crippen molar-refractivity contribution in [3.05, 3.63) is 12.2 Å². The maximum absolute atomic E-state index is 2.60. The second kappa shape index (κ2) is 23.8. The molecule has 0 bridgehead atoms. The maximum atomic E-state index is 2.60. The van der Waals surface area contributed by atoms with Crippen molar-refractivity contribution in [1.29, 1.82) is 0 Å². The zero-order valence-electron chi connectivity index (χ0n) is 19.6. The molecule has 0 aromatic carbocycles. The van der Waals surface area contributed by atoms with E-state index in [9.17, 15) is 0 Å². The smallest absolute Gasteiger partial charge is 0.0234 e. The van der Waals surface area contributed by atoms with Crippen LogP contribution in [0.25, 0.3) is 0 Å². The summed E-state index contributed by atoms with van der Waals surface area (Å²) >= 11 is 0. The van der Waals surface area contributed by atoms with Gasteiger partial charge in [-0.05, 0) is 31.6 Å². The minimum Gasteiger partial charge on any atom is -0.0883 e. The third-order valence-electron chi connectivity index (χ3n) is 5.99. The van der Waals surface area contributed by atoms with Gasteiger partial charge >= 0.3 is 0 Å². The average Bonchev–Trinajstić information content (AvgIpc) is 2.68. The standard InChI is InChI=1S/C27H54/c1-4-7-10-13-16-17-20-23-26-27(24-21-18-14-11-8-5-2)25-22-19-15-12-9-6-3/h23,26-27H,4-22,24-25H2,1-3H3/b26-23+. The van der Waals surface area contributed by atoms with Crippen LogP contribution >= 0.6 is 0 Å². The van der Waals surface area contributed by atoms with Gasteiger partial charge in [0.2, 0.25) is 0 Å². The van der Waals surface area contributed by atoms with Crippen molar-refractivity contribution < 1.29 is 0 Å². The Morgan fingerprint density at radius 3 is 1.26 bits per heavy atom. The van der Waals surface area contributed by atoms with Crippen molar-refractivity contribution in [2.45, 2.75) is 156 Å². The summed E-state index contributed by atoms with van der Waals surface area (Å²) in [5.41, 5.74) is 0. The zero-order chi connectivity index (χ0) is 19.8. The Balaban J connectivity index is 3.90. The largest absolute Gasteiger partial charge is 0.0883 e. The number of hydrogen-bond acceptors (Lipinski definition) is 0. The lowest BCUT2D eigenvalue weighted by atomic mass is 9.93. The van der Waals surface area contributed by atoms with Gasteiger partial charge < -0.3 is 0 Å². The van der Waals surface area contributed by atoms with Crippen LogP contribution in [-0.2, 0) is 0 Å². The number of hydrogen-bond donors (Lipinski definition) is 0. The quantitative estimate of drug-likeness (QED) is 0.130. The minimum atomic E-state index is 0.863. The molecule has 0 heterocycles. The van der Waals surface area contributed by atoms with Gasteiger partial charge in [-0.3, -0.25) is 0 Å². The molecule has 0 radical (unpaired) electrons. The molecule has 0 nitrogen and oxygen atoms in total. The molecule has 0 spiro atoms. The van der Waals surface area contributed by atoms with Gasteiger partial charge in [0.25, 0.3) is 0 Å². The molecule has 27 heavy (non-hydrogen) atoms. The summed E-state index contributed by atoms with van der Waals surface area (Å²) in [4.78, 5) is 0. The Bertz CT molecular complexity index is 262. The minimum absolute atomic E-state index is 0.863. The summed E-state index contributed by atoms with van der Waals surface area (Å²) in [5.74, 6) is 0.863. The molecule has 0 aliphatic heterocycles. The van der Waals surface area contributed by atoms with E-state index < -0.39 is 0 Å². The molecule has 0 aromatic rings.